The Labute approximate surface area is 235 Å². The summed E-state index contributed by atoms with van der Waals surface area (Å²) in [7, 11) is 1.99. The number of ether oxygens (including phenoxy) is 1. The second-order valence-electron chi connectivity index (χ2n) is 11.4. The normalized spacial score (nSPS) is 14.8. The molecule has 1 aliphatic rings. The van der Waals surface area contributed by atoms with E-state index in [9.17, 15) is 4.79 Å². The number of likely N-dealkylation sites (tertiary alicyclic amines) is 1. The molecule has 9 nitrogen and oxygen atoms in total. The van der Waals surface area contributed by atoms with Crippen LogP contribution in [0, 0.1) is 5.92 Å². The number of β-amino-alcohol motifs (C(OH)–C–C–N with tert-alkyl or cyclic N) is 1. The molecule has 1 saturated heterocycles. The number of carbonyl (C=O) groups is 1. The number of imidazole rings is 1. The minimum absolute atomic E-state index is 0.0312. The number of hydrogen-bond donors (Lipinski definition) is 3. The molecule has 3 N–H and O–H groups in total. The van der Waals surface area contributed by atoms with Crippen molar-refractivity contribution >= 4 is 34.4 Å². The molecule has 1 fully saturated rings. The predicted octanol–water partition coefficient (Wildman–Crippen LogP) is 5.44. The van der Waals surface area contributed by atoms with Crippen molar-refractivity contribution in [1.82, 2.24) is 19.4 Å². The molecule has 0 bridgehead atoms. The van der Waals surface area contributed by atoms with Crippen molar-refractivity contribution in [3.63, 3.8) is 0 Å². The Kier molecular flexibility index (Phi) is 8.04. The third-order valence-electron chi connectivity index (χ3n) is 7.43. The standard InChI is InChI=1S/C31H38N6O3/c1-31(2,3)22-6-5-7-23(18-22)33-30-34-26-19-24(8-9-27(26)36(30)4)40-25-10-13-32-28(20-25)35-29(39)21-11-14-37(15-12-21)16-17-38/h5-10,13,18-21,38H,11-12,14-17H2,1-4H3,(H,33,34)(H,32,35,39). The number of aliphatic hydroxyl groups excluding tert-OH is 1. The fraction of sp³-hybridized carbons (Fsp3) is 0.387. The van der Waals surface area contributed by atoms with Gasteiger partial charge in [0.25, 0.3) is 0 Å². The van der Waals surface area contributed by atoms with Gasteiger partial charge in [0.2, 0.25) is 11.9 Å². The molecular formula is C31H38N6O3. The smallest absolute Gasteiger partial charge is 0.228 e. The van der Waals surface area contributed by atoms with Gasteiger partial charge < -0.3 is 29.9 Å². The molecule has 2 aromatic heterocycles. The third kappa shape index (κ3) is 6.43. The number of fused-ring (bicyclic) bond motifs is 1. The number of nitrogens with one attached hydrogen (secondary N) is 2. The number of benzene rings is 2. The van der Waals surface area contributed by atoms with Crippen LogP contribution in [0.1, 0.15) is 39.2 Å². The Morgan fingerprint density at radius 3 is 2.60 bits per heavy atom. The molecule has 4 aromatic rings. The SMILES string of the molecule is Cn1c(Nc2cccc(C(C)(C)C)c2)nc2cc(Oc3ccnc(NC(=O)C4CCN(CCO)CC4)c3)ccc21. The molecule has 0 spiro atoms. The molecule has 1 aliphatic heterocycles. The van der Waals surface area contributed by atoms with Crippen molar-refractivity contribution in [3.8, 4) is 11.5 Å². The van der Waals surface area contributed by atoms with Crippen molar-refractivity contribution in [2.45, 2.75) is 39.0 Å². The van der Waals surface area contributed by atoms with Crippen molar-refractivity contribution in [3.05, 3.63) is 66.4 Å². The number of piperidine rings is 1. The zero-order chi connectivity index (χ0) is 28.3. The van der Waals surface area contributed by atoms with E-state index < -0.39 is 0 Å². The van der Waals surface area contributed by atoms with Crippen LogP contribution >= 0.6 is 0 Å². The Hall–Kier alpha value is -3.95. The molecule has 5 rings (SSSR count). The minimum atomic E-state index is -0.0633. The van der Waals surface area contributed by atoms with Gasteiger partial charge in [0.05, 0.1) is 17.6 Å². The van der Waals surface area contributed by atoms with Gasteiger partial charge in [-0.2, -0.15) is 0 Å². The number of aliphatic hydroxyl groups is 1. The molecule has 2 aromatic carbocycles. The van der Waals surface area contributed by atoms with E-state index >= 15 is 0 Å². The van der Waals surface area contributed by atoms with Crippen molar-refractivity contribution in [1.29, 1.82) is 0 Å². The predicted molar refractivity (Wildman–Crippen MR) is 158 cm³/mol. The Morgan fingerprint density at radius 1 is 1.07 bits per heavy atom. The van der Waals surface area contributed by atoms with Crippen LogP contribution in [0.25, 0.3) is 11.0 Å². The van der Waals surface area contributed by atoms with Gasteiger partial charge in [0, 0.05) is 43.5 Å². The number of carbonyl (C=O) groups excluding carboxylic acids is 1. The van der Waals surface area contributed by atoms with Gasteiger partial charge in [0.1, 0.15) is 17.3 Å². The van der Waals surface area contributed by atoms with E-state index in [1.165, 1.54) is 5.56 Å². The number of hydrogen-bond acceptors (Lipinski definition) is 7. The number of rotatable bonds is 8. The van der Waals surface area contributed by atoms with E-state index in [4.69, 9.17) is 14.8 Å². The number of aryl methyl sites for hydroxylation is 1. The maximum atomic E-state index is 12.8. The van der Waals surface area contributed by atoms with E-state index in [0.29, 0.717) is 23.9 Å². The Balaban J connectivity index is 1.26. The fourth-order valence-corrected chi connectivity index (χ4v) is 5.02. The highest BCUT2D eigenvalue weighted by Crippen LogP contribution is 2.30. The zero-order valence-electron chi connectivity index (χ0n) is 23.6. The van der Waals surface area contributed by atoms with Crippen molar-refractivity contribution < 1.29 is 14.6 Å². The molecule has 0 atom stereocenters. The largest absolute Gasteiger partial charge is 0.457 e. The summed E-state index contributed by atoms with van der Waals surface area (Å²) in [5, 5.41) is 15.5. The summed E-state index contributed by atoms with van der Waals surface area (Å²) in [6.07, 6.45) is 3.16. The van der Waals surface area contributed by atoms with Crippen LogP contribution in [0.3, 0.4) is 0 Å². The maximum Gasteiger partial charge on any atom is 0.228 e. The molecule has 210 valence electrons. The van der Waals surface area contributed by atoms with Crippen LogP contribution in [0.4, 0.5) is 17.5 Å². The summed E-state index contributed by atoms with van der Waals surface area (Å²) in [5.41, 5.74) is 4.09. The van der Waals surface area contributed by atoms with Gasteiger partial charge >= 0.3 is 0 Å². The average molecular weight is 543 g/mol. The fourth-order valence-electron chi connectivity index (χ4n) is 5.02. The first-order valence-electron chi connectivity index (χ1n) is 13.8. The first-order chi connectivity index (χ1) is 19.2. The second kappa shape index (κ2) is 11.7. The lowest BCUT2D eigenvalue weighted by atomic mass is 9.87. The number of amides is 1. The van der Waals surface area contributed by atoms with Crippen LogP contribution in [-0.2, 0) is 17.3 Å². The van der Waals surface area contributed by atoms with Crippen LogP contribution in [0.15, 0.2) is 60.8 Å². The lowest BCUT2D eigenvalue weighted by Gasteiger charge is -2.30. The van der Waals surface area contributed by atoms with E-state index in [-0.39, 0.29) is 23.8 Å². The van der Waals surface area contributed by atoms with E-state index in [1.54, 1.807) is 18.3 Å². The maximum absolute atomic E-state index is 12.8. The first kappa shape index (κ1) is 27.6. The van der Waals surface area contributed by atoms with Crippen LogP contribution in [-0.4, -0.2) is 56.7 Å². The lowest BCUT2D eigenvalue weighted by molar-refractivity contribution is -0.121. The minimum Gasteiger partial charge on any atom is -0.457 e. The summed E-state index contributed by atoms with van der Waals surface area (Å²) in [6, 6.07) is 17.7. The highest BCUT2D eigenvalue weighted by atomic mass is 16.5. The monoisotopic (exact) mass is 542 g/mol. The van der Waals surface area contributed by atoms with Crippen LogP contribution in [0.2, 0.25) is 0 Å². The molecule has 0 radical (unpaired) electrons. The van der Waals surface area contributed by atoms with E-state index in [0.717, 1.165) is 48.6 Å². The molecular weight excluding hydrogens is 504 g/mol. The molecule has 3 heterocycles. The molecule has 0 saturated carbocycles. The number of pyridine rings is 1. The second-order valence-corrected chi connectivity index (χ2v) is 11.4. The summed E-state index contributed by atoms with van der Waals surface area (Å²) in [4.78, 5) is 24.1. The summed E-state index contributed by atoms with van der Waals surface area (Å²) >= 11 is 0. The molecule has 0 aliphatic carbocycles. The van der Waals surface area contributed by atoms with Gasteiger partial charge in [-0.3, -0.25) is 4.79 Å². The van der Waals surface area contributed by atoms with E-state index in [2.05, 4.69) is 59.5 Å². The number of aromatic nitrogens is 3. The molecule has 9 heteroatoms. The molecule has 40 heavy (non-hydrogen) atoms. The Bertz CT molecular complexity index is 1480. The summed E-state index contributed by atoms with van der Waals surface area (Å²) in [5.74, 6) is 2.34. The van der Waals surface area contributed by atoms with Gasteiger partial charge in [-0.1, -0.05) is 32.9 Å². The van der Waals surface area contributed by atoms with Gasteiger partial charge in [-0.15, -0.1) is 0 Å². The van der Waals surface area contributed by atoms with Crippen molar-refractivity contribution in [2.24, 2.45) is 13.0 Å². The van der Waals surface area contributed by atoms with Crippen molar-refractivity contribution in [2.75, 3.05) is 36.9 Å². The van der Waals surface area contributed by atoms with Crippen LogP contribution in [0.5, 0.6) is 11.5 Å². The average Bonchev–Trinajstić information content (AvgIpc) is 3.23. The molecule has 1 amide bonds. The number of nitrogens with zero attached hydrogens (tertiary/aromatic N) is 4. The third-order valence-corrected chi connectivity index (χ3v) is 7.43. The Morgan fingerprint density at radius 2 is 1.85 bits per heavy atom. The quantitative estimate of drug-likeness (QED) is 0.272. The van der Waals surface area contributed by atoms with Crippen LogP contribution < -0.4 is 15.4 Å². The van der Waals surface area contributed by atoms with Gasteiger partial charge in [-0.05, 0) is 67.2 Å². The topological polar surface area (TPSA) is 105 Å². The summed E-state index contributed by atoms with van der Waals surface area (Å²) in [6.45, 7) is 9.03. The highest BCUT2D eigenvalue weighted by molar-refractivity contribution is 5.92. The van der Waals surface area contributed by atoms with E-state index in [1.807, 2.05) is 35.9 Å². The zero-order valence-corrected chi connectivity index (χ0v) is 23.6. The summed E-state index contributed by atoms with van der Waals surface area (Å²) < 4.78 is 8.15. The highest BCUT2D eigenvalue weighted by Gasteiger charge is 2.25. The first-order valence-corrected chi connectivity index (χ1v) is 13.8. The van der Waals surface area contributed by atoms with Gasteiger partial charge in [0.15, 0.2) is 0 Å². The van der Waals surface area contributed by atoms with Gasteiger partial charge in [-0.25, -0.2) is 9.97 Å². The lowest BCUT2D eigenvalue weighted by Crippen LogP contribution is -2.39. The molecule has 0 unspecified atom stereocenters. The number of anilines is 3.